The molecule has 0 aliphatic rings. The van der Waals surface area contributed by atoms with Gasteiger partial charge in [-0.05, 0) is 37.6 Å². The van der Waals surface area contributed by atoms with Crippen LogP contribution in [-0.2, 0) is 0 Å². The van der Waals surface area contributed by atoms with Crippen LogP contribution in [0.2, 0.25) is 0 Å². The Labute approximate surface area is 106 Å². The summed E-state index contributed by atoms with van der Waals surface area (Å²) in [7, 11) is 0. The van der Waals surface area contributed by atoms with Crippen LogP contribution in [0.1, 0.15) is 21.5 Å². The fraction of sp³-hybridized carbons (Fsp3) is 0.133. The van der Waals surface area contributed by atoms with Crippen LogP contribution in [0.25, 0.3) is 0 Å². The van der Waals surface area contributed by atoms with Crippen molar-refractivity contribution in [3.63, 3.8) is 0 Å². The molecule has 1 amide bonds. The number of nitrogens with one attached hydrogen (secondary N) is 1. The van der Waals surface area contributed by atoms with E-state index in [0.29, 0.717) is 11.3 Å². The lowest BCUT2D eigenvalue weighted by Gasteiger charge is -2.08. The maximum atomic E-state index is 12.0. The number of aromatic hydroxyl groups is 1. The van der Waals surface area contributed by atoms with E-state index in [9.17, 15) is 9.90 Å². The Morgan fingerprint density at radius 3 is 2.39 bits per heavy atom. The molecule has 92 valence electrons. The van der Waals surface area contributed by atoms with E-state index in [4.69, 9.17) is 0 Å². The zero-order valence-electron chi connectivity index (χ0n) is 10.4. The summed E-state index contributed by atoms with van der Waals surface area (Å²) in [6.45, 7) is 3.75. The molecular weight excluding hydrogens is 226 g/mol. The highest BCUT2D eigenvalue weighted by Crippen LogP contribution is 2.22. The molecule has 0 saturated carbocycles. The van der Waals surface area contributed by atoms with Gasteiger partial charge in [0.1, 0.15) is 5.75 Å². The van der Waals surface area contributed by atoms with Crippen LogP contribution in [0.4, 0.5) is 5.69 Å². The fourth-order valence-corrected chi connectivity index (χ4v) is 1.68. The summed E-state index contributed by atoms with van der Waals surface area (Å²) in [4.78, 5) is 12.0. The molecule has 0 aliphatic heterocycles. The van der Waals surface area contributed by atoms with Gasteiger partial charge in [0.25, 0.3) is 5.91 Å². The lowest BCUT2D eigenvalue weighted by atomic mass is 10.1. The van der Waals surface area contributed by atoms with E-state index >= 15 is 0 Å². The van der Waals surface area contributed by atoms with Crippen molar-refractivity contribution in [2.24, 2.45) is 0 Å². The van der Waals surface area contributed by atoms with Crippen LogP contribution in [0.3, 0.4) is 0 Å². The number of hydrogen-bond acceptors (Lipinski definition) is 2. The monoisotopic (exact) mass is 241 g/mol. The smallest absolute Gasteiger partial charge is 0.259 e. The average Bonchev–Trinajstić information content (AvgIpc) is 2.35. The van der Waals surface area contributed by atoms with Gasteiger partial charge in [0.2, 0.25) is 0 Å². The molecule has 0 atom stereocenters. The quantitative estimate of drug-likeness (QED) is 0.847. The Morgan fingerprint density at radius 2 is 1.72 bits per heavy atom. The molecule has 0 aromatic heterocycles. The van der Waals surface area contributed by atoms with Crippen molar-refractivity contribution >= 4 is 11.6 Å². The summed E-state index contributed by atoms with van der Waals surface area (Å²) in [6, 6.07) is 12.6. The van der Waals surface area contributed by atoms with Gasteiger partial charge in [-0.1, -0.05) is 29.8 Å². The number of phenols is 1. The highest BCUT2D eigenvalue weighted by molar-refractivity contribution is 6.06. The number of aryl methyl sites for hydroxylation is 2. The number of benzene rings is 2. The van der Waals surface area contributed by atoms with Gasteiger partial charge in [-0.15, -0.1) is 0 Å². The summed E-state index contributed by atoms with van der Waals surface area (Å²) in [5.41, 5.74) is 2.82. The highest BCUT2D eigenvalue weighted by atomic mass is 16.3. The van der Waals surface area contributed by atoms with Crippen molar-refractivity contribution in [3.8, 4) is 5.75 Å². The zero-order valence-corrected chi connectivity index (χ0v) is 10.4. The van der Waals surface area contributed by atoms with Crippen molar-refractivity contribution in [3.05, 3.63) is 59.2 Å². The molecule has 0 spiro atoms. The molecule has 0 fully saturated rings. The third kappa shape index (κ3) is 2.51. The predicted octanol–water partition coefficient (Wildman–Crippen LogP) is 3.26. The Bertz CT molecular complexity index is 574. The number of hydrogen-bond donors (Lipinski definition) is 2. The third-order valence-corrected chi connectivity index (χ3v) is 2.79. The molecule has 2 aromatic rings. The van der Waals surface area contributed by atoms with E-state index in [2.05, 4.69) is 5.32 Å². The number of phenolic OH excluding ortho intramolecular Hbond substituents is 1. The summed E-state index contributed by atoms with van der Waals surface area (Å²) >= 11 is 0. The van der Waals surface area contributed by atoms with Crippen LogP contribution in [0, 0.1) is 13.8 Å². The molecule has 2 rings (SSSR count). The molecule has 0 unspecified atom stereocenters. The lowest BCUT2D eigenvalue weighted by Crippen LogP contribution is -2.12. The van der Waals surface area contributed by atoms with Gasteiger partial charge in [0.05, 0.1) is 5.56 Å². The zero-order chi connectivity index (χ0) is 13.1. The maximum Gasteiger partial charge on any atom is 0.259 e. The van der Waals surface area contributed by atoms with Gasteiger partial charge in [-0.25, -0.2) is 0 Å². The first-order valence-corrected chi connectivity index (χ1v) is 5.74. The summed E-state index contributed by atoms with van der Waals surface area (Å²) in [5, 5.41) is 12.6. The first kappa shape index (κ1) is 12.2. The molecule has 2 N–H and O–H groups in total. The topological polar surface area (TPSA) is 49.3 Å². The van der Waals surface area contributed by atoms with Crippen molar-refractivity contribution in [2.45, 2.75) is 13.8 Å². The first-order chi connectivity index (χ1) is 8.58. The number of carbonyl (C=O) groups excluding carboxylic acids is 1. The second kappa shape index (κ2) is 4.92. The van der Waals surface area contributed by atoms with Crippen LogP contribution in [-0.4, -0.2) is 11.0 Å². The minimum absolute atomic E-state index is 0.0297. The van der Waals surface area contributed by atoms with Crippen molar-refractivity contribution in [2.75, 3.05) is 5.32 Å². The Hall–Kier alpha value is -2.29. The Morgan fingerprint density at radius 1 is 1.06 bits per heavy atom. The van der Waals surface area contributed by atoms with E-state index in [0.717, 1.165) is 5.56 Å². The molecule has 0 bridgehead atoms. The Balaban J connectivity index is 2.22. The number of carbonyl (C=O) groups is 1. The van der Waals surface area contributed by atoms with E-state index in [1.54, 1.807) is 25.1 Å². The largest absolute Gasteiger partial charge is 0.507 e. The van der Waals surface area contributed by atoms with E-state index < -0.39 is 0 Å². The summed E-state index contributed by atoms with van der Waals surface area (Å²) in [6.07, 6.45) is 0. The fourth-order valence-electron chi connectivity index (χ4n) is 1.68. The van der Waals surface area contributed by atoms with E-state index in [1.807, 2.05) is 31.2 Å². The molecule has 0 aliphatic carbocycles. The molecule has 0 heterocycles. The molecule has 3 heteroatoms. The minimum Gasteiger partial charge on any atom is -0.507 e. The second-order valence-corrected chi connectivity index (χ2v) is 4.29. The molecule has 2 aromatic carbocycles. The number of para-hydroxylation sites is 1. The highest BCUT2D eigenvalue weighted by Gasteiger charge is 2.12. The average molecular weight is 241 g/mol. The van der Waals surface area contributed by atoms with Gasteiger partial charge >= 0.3 is 0 Å². The van der Waals surface area contributed by atoms with Crippen molar-refractivity contribution < 1.29 is 9.90 Å². The molecule has 0 saturated heterocycles. The number of amides is 1. The van der Waals surface area contributed by atoms with E-state index in [-0.39, 0.29) is 17.2 Å². The summed E-state index contributed by atoms with van der Waals surface area (Å²) < 4.78 is 0. The minimum atomic E-state index is -0.306. The summed E-state index contributed by atoms with van der Waals surface area (Å²) in [5.74, 6) is -0.276. The Kier molecular flexibility index (Phi) is 3.33. The molecular formula is C15H15NO2. The lowest BCUT2D eigenvalue weighted by molar-refractivity contribution is 0.102. The molecule has 0 radical (unpaired) electrons. The van der Waals surface area contributed by atoms with Gasteiger partial charge in [-0.3, -0.25) is 4.79 Å². The third-order valence-electron chi connectivity index (χ3n) is 2.79. The van der Waals surface area contributed by atoms with Crippen molar-refractivity contribution in [1.82, 2.24) is 0 Å². The van der Waals surface area contributed by atoms with E-state index in [1.165, 1.54) is 0 Å². The number of anilines is 1. The standard InChI is InChI=1S/C15H15NO2/c1-10-6-8-12(9-7-10)16-15(18)13-5-3-4-11(2)14(13)17/h3-9,17H,1-2H3,(H,16,18). The van der Waals surface area contributed by atoms with Gasteiger partial charge in [0.15, 0.2) is 0 Å². The second-order valence-electron chi connectivity index (χ2n) is 4.29. The van der Waals surface area contributed by atoms with Gasteiger partial charge < -0.3 is 10.4 Å². The van der Waals surface area contributed by atoms with Gasteiger partial charge in [-0.2, -0.15) is 0 Å². The van der Waals surface area contributed by atoms with Crippen molar-refractivity contribution in [1.29, 1.82) is 0 Å². The van der Waals surface area contributed by atoms with Crippen LogP contribution < -0.4 is 5.32 Å². The van der Waals surface area contributed by atoms with Crippen LogP contribution >= 0.6 is 0 Å². The SMILES string of the molecule is Cc1ccc(NC(=O)c2cccc(C)c2O)cc1. The number of rotatable bonds is 2. The normalized spacial score (nSPS) is 10.1. The van der Waals surface area contributed by atoms with Crippen LogP contribution in [0.5, 0.6) is 5.75 Å². The molecule has 3 nitrogen and oxygen atoms in total. The predicted molar refractivity (Wildman–Crippen MR) is 72.0 cm³/mol. The first-order valence-electron chi connectivity index (χ1n) is 5.74. The maximum absolute atomic E-state index is 12.0. The molecule has 18 heavy (non-hydrogen) atoms. The van der Waals surface area contributed by atoms with Crippen LogP contribution in [0.15, 0.2) is 42.5 Å². The van der Waals surface area contributed by atoms with Gasteiger partial charge in [0, 0.05) is 5.69 Å².